The Labute approximate surface area is 191 Å². The molecule has 172 valence electrons. The van der Waals surface area contributed by atoms with Gasteiger partial charge >= 0.3 is 0 Å². The molecule has 4 bridgehead atoms. The van der Waals surface area contributed by atoms with E-state index in [0.29, 0.717) is 35.5 Å². The van der Waals surface area contributed by atoms with E-state index in [1.165, 1.54) is 18.0 Å². The van der Waals surface area contributed by atoms with E-state index in [0.717, 1.165) is 44.9 Å². The van der Waals surface area contributed by atoms with E-state index in [9.17, 15) is 19.7 Å². The first kappa shape index (κ1) is 21.7. The Balaban J connectivity index is 1.31. The Morgan fingerprint density at radius 3 is 2.38 bits per heavy atom. The van der Waals surface area contributed by atoms with Gasteiger partial charge < -0.3 is 11.1 Å². The average Bonchev–Trinajstić information content (AvgIpc) is 3.24. The van der Waals surface area contributed by atoms with Gasteiger partial charge in [0, 0.05) is 17.5 Å². The maximum atomic E-state index is 13.6. The first-order valence-corrected chi connectivity index (χ1v) is 12.4. The number of carbonyl (C=O) groups excluding carboxylic acids is 2. The molecule has 6 rings (SSSR count). The van der Waals surface area contributed by atoms with Crippen molar-refractivity contribution in [2.45, 2.75) is 74.3 Å². The highest BCUT2D eigenvalue weighted by molar-refractivity contribution is 7.97. The largest absolute Gasteiger partial charge is 0.369 e. The number of nitro benzene ring substituents is 1. The smallest absolute Gasteiger partial charge is 0.284 e. The Bertz CT molecular complexity index is 932. The summed E-state index contributed by atoms with van der Waals surface area (Å²) in [7, 11) is 0. The van der Waals surface area contributed by atoms with Crippen LogP contribution in [0.5, 0.6) is 0 Å². The lowest BCUT2D eigenvalue weighted by Crippen LogP contribution is -2.65. The Hall–Kier alpha value is -2.13. The van der Waals surface area contributed by atoms with Crippen LogP contribution in [0.4, 0.5) is 5.69 Å². The zero-order valence-corrected chi connectivity index (χ0v) is 18.9. The summed E-state index contributed by atoms with van der Waals surface area (Å²) < 4.78 is 3.33. The number of hydrogen-bond donors (Lipinski definition) is 3. The van der Waals surface area contributed by atoms with Gasteiger partial charge in [0.25, 0.3) is 5.69 Å². The molecular formula is C23H30N4O4S. The fourth-order valence-electron chi connectivity index (χ4n) is 7.05. The van der Waals surface area contributed by atoms with Crippen molar-refractivity contribution in [2.24, 2.45) is 28.9 Å². The molecule has 5 fully saturated rings. The number of benzene rings is 1. The zero-order valence-electron chi connectivity index (χ0n) is 18.0. The number of rotatable bonds is 7. The van der Waals surface area contributed by atoms with Gasteiger partial charge in [-0.3, -0.25) is 19.7 Å². The van der Waals surface area contributed by atoms with Gasteiger partial charge in [-0.15, -0.1) is 0 Å². The maximum Gasteiger partial charge on any atom is 0.284 e. The first-order valence-electron chi connectivity index (χ1n) is 11.6. The Morgan fingerprint density at radius 1 is 1.09 bits per heavy atom. The molecule has 0 aliphatic heterocycles. The highest BCUT2D eigenvalue weighted by Gasteiger charge is 2.58. The topological polar surface area (TPSA) is 127 Å². The third-order valence-corrected chi connectivity index (χ3v) is 9.46. The summed E-state index contributed by atoms with van der Waals surface area (Å²) in [4.78, 5) is 37.3. The first-order chi connectivity index (χ1) is 15.3. The lowest BCUT2D eigenvalue weighted by Gasteiger charge is -2.59. The molecule has 2 amide bonds. The van der Waals surface area contributed by atoms with Crippen LogP contribution in [0.25, 0.3) is 0 Å². The third-order valence-electron chi connectivity index (χ3n) is 8.40. The van der Waals surface area contributed by atoms with Crippen LogP contribution < -0.4 is 15.8 Å². The van der Waals surface area contributed by atoms with Crippen molar-refractivity contribution in [1.29, 1.82) is 0 Å². The van der Waals surface area contributed by atoms with Crippen LogP contribution in [0.3, 0.4) is 0 Å². The molecule has 1 aromatic rings. The normalized spacial score (nSPS) is 34.4. The van der Waals surface area contributed by atoms with Crippen molar-refractivity contribution in [3.63, 3.8) is 0 Å². The summed E-state index contributed by atoms with van der Waals surface area (Å²) in [5.41, 5.74) is 4.73. The minimum atomic E-state index is -0.732. The van der Waals surface area contributed by atoms with E-state index in [1.54, 1.807) is 18.2 Å². The van der Waals surface area contributed by atoms with Crippen molar-refractivity contribution in [2.75, 3.05) is 0 Å². The van der Waals surface area contributed by atoms with Crippen LogP contribution >= 0.6 is 11.9 Å². The fraction of sp³-hybridized carbons (Fsp3) is 0.652. The number of nitrogens with one attached hydrogen (secondary N) is 2. The summed E-state index contributed by atoms with van der Waals surface area (Å²) >= 11 is 1.18. The molecule has 2 atom stereocenters. The van der Waals surface area contributed by atoms with Crippen molar-refractivity contribution in [1.82, 2.24) is 10.0 Å². The van der Waals surface area contributed by atoms with Gasteiger partial charge in [0.15, 0.2) is 0 Å². The number of carbonyl (C=O) groups is 2. The maximum absolute atomic E-state index is 13.6. The van der Waals surface area contributed by atoms with Gasteiger partial charge in [-0.05, 0) is 80.7 Å². The van der Waals surface area contributed by atoms with E-state index in [-0.39, 0.29) is 29.0 Å². The van der Waals surface area contributed by atoms with Gasteiger partial charge in [-0.25, -0.2) is 4.72 Å². The predicted molar refractivity (Wildman–Crippen MR) is 120 cm³/mol. The molecule has 0 saturated heterocycles. The van der Waals surface area contributed by atoms with Crippen molar-refractivity contribution < 1.29 is 14.5 Å². The Morgan fingerprint density at radius 2 is 1.75 bits per heavy atom. The van der Waals surface area contributed by atoms with E-state index in [2.05, 4.69) is 10.0 Å². The number of nitrogens with zero attached hydrogens (tertiary/aromatic N) is 1. The summed E-state index contributed by atoms with van der Waals surface area (Å²) in [6.45, 7) is 0. The molecule has 0 spiro atoms. The zero-order chi connectivity index (χ0) is 22.5. The van der Waals surface area contributed by atoms with Crippen LogP contribution in [-0.4, -0.2) is 28.3 Å². The highest BCUT2D eigenvalue weighted by Crippen LogP contribution is 2.60. The lowest BCUT2D eigenvalue weighted by molar-refractivity contribution is -0.387. The highest BCUT2D eigenvalue weighted by atomic mass is 32.2. The number of nitro groups is 1. The fourth-order valence-corrected chi connectivity index (χ4v) is 8.05. The molecule has 32 heavy (non-hydrogen) atoms. The molecule has 5 saturated carbocycles. The van der Waals surface area contributed by atoms with Crippen LogP contribution in [-0.2, 0) is 9.59 Å². The number of hydrogen-bond acceptors (Lipinski definition) is 6. The average molecular weight is 459 g/mol. The van der Waals surface area contributed by atoms with Crippen LogP contribution in [0.2, 0.25) is 0 Å². The molecule has 0 heterocycles. The number of nitrogens with two attached hydrogens (primary N) is 1. The summed E-state index contributed by atoms with van der Waals surface area (Å²) in [5, 5.41) is 14.7. The molecular weight excluding hydrogens is 428 g/mol. The molecule has 1 aromatic carbocycles. The van der Waals surface area contributed by atoms with Gasteiger partial charge in [0.1, 0.15) is 10.4 Å². The number of primary amides is 1. The van der Waals surface area contributed by atoms with E-state index in [4.69, 9.17) is 5.73 Å². The van der Waals surface area contributed by atoms with Gasteiger partial charge in [-0.1, -0.05) is 25.0 Å². The third kappa shape index (κ3) is 3.59. The summed E-state index contributed by atoms with van der Waals surface area (Å²) in [6, 6.07) is 6.68. The van der Waals surface area contributed by atoms with Crippen molar-refractivity contribution in [3.05, 3.63) is 34.4 Å². The molecule has 9 heteroatoms. The second-order valence-electron chi connectivity index (χ2n) is 10.3. The van der Waals surface area contributed by atoms with Crippen molar-refractivity contribution in [3.8, 4) is 0 Å². The molecule has 2 unspecified atom stereocenters. The van der Waals surface area contributed by atoms with Crippen LogP contribution in [0.1, 0.15) is 57.8 Å². The molecule has 0 aromatic heterocycles. The minimum Gasteiger partial charge on any atom is -0.369 e. The lowest BCUT2D eigenvalue weighted by atomic mass is 9.47. The monoisotopic (exact) mass is 458 g/mol. The molecule has 5 aliphatic carbocycles. The van der Waals surface area contributed by atoms with Gasteiger partial charge in [-0.2, -0.15) is 0 Å². The standard InChI is InChI=1S/C23H30N4O4S/c24-20(28)22-11-14-9-15(12-22)19(16(10-14)13-22)25-21(29)23(7-3-4-8-23)26-32-18-6-2-1-5-17(18)27(30)31/h1-2,5-6,14-16,19,26H,3-4,7-13H2,(H2,24,28)(H,25,29). The number of para-hydroxylation sites is 1. The van der Waals surface area contributed by atoms with Gasteiger partial charge in [0.05, 0.1) is 4.92 Å². The molecule has 0 radical (unpaired) electrons. The van der Waals surface area contributed by atoms with Crippen molar-refractivity contribution >= 4 is 29.4 Å². The van der Waals surface area contributed by atoms with Gasteiger partial charge in [0.2, 0.25) is 11.8 Å². The predicted octanol–water partition coefficient (Wildman–Crippen LogP) is 3.30. The SMILES string of the molecule is NC(=O)C12CC3CC(C1)C(NC(=O)C1(NSc4ccccc4[N+](=O)[O-])CCCC1)C(C3)C2. The van der Waals surface area contributed by atoms with E-state index < -0.39 is 10.5 Å². The van der Waals surface area contributed by atoms with E-state index >= 15 is 0 Å². The summed E-state index contributed by atoms with van der Waals surface area (Å²) in [6.07, 6.45) is 7.91. The quantitative estimate of drug-likeness (QED) is 0.327. The summed E-state index contributed by atoms with van der Waals surface area (Å²) in [5.74, 6) is 0.974. The van der Waals surface area contributed by atoms with Crippen LogP contribution in [0.15, 0.2) is 29.2 Å². The molecule has 5 aliphatic rings. The second-order valence-corrected chi connectivity index (χ2v) is 11.2. The van der Waals surface area contributed by atoms with E-state index in [1.807, 2.05) is 0 Å². The number of amides is 2. The Kier molecular flexibility index (Phi) is 5.44. The molecule has 4 N–H and O–H groups in total. The molecule has 8 nitrogen and oxygen atoms in total. The second kappa shape index (κ2) is 8.02. The van der Waals surface area contributed by atoms with Crippen LogP contribution in [0, 0.1) is 33.3 Å². The minimum absolute atomic E-state index is 0.00770.